The minimum absolute atomic E-state index is 0.167. The third-order valence-corrected chi connectivity index (χ3v) is 2.64. The molecule has 110 valence electrons. The van der Waals surface area contributed by atoms with Gasteiger partial charge in [0.2, 0.25) is 0 Å². The Hall–Kier alpha value is -2.57. The lowest BCUT2D eigenvalue weighted by Crippen LogP contribution is -2.14. The van der Waals surface area contributed by atoms with Gasteiger partial charge in [0.05, 0.1) is 11.3 Å². The molecule has 1 heterocycles. The maximum atomic E-state index is 13.4. The third kappa shape index (κ3) is 3.50. The quantitative estimate of drug-likeness (QED) is 0.852. The lowest BCUT2D eigenvalue weighted by Gasteiger charge is -2.08. The number of nitrogens with zero attached hydrogens (tertiary/aromatic N) is 1. The van der Waals surface area contributed by atoms with E-state index in [9.17, 15) is 18.0 Å². The normalized spacial score (nSPS) is 10.3. The second kappa shape index (κ2) is 6.25. The lowest BCUT2D eigenvalue weighted by atomic mass is 10.2. The average molecular weight is 295 g/mol. The number of aromatic nitrogens is 1. The van der Waals surface area contributed by atoms with Crippen molar-refractivity contribution in [1.29, 1.82) is 0 Å². The third-order valence-electron chi connectivity index (χ3n) is 2.64. The summed E-state index contributed by atoms with van der Waals surface area (Å²) >= 11 is 0. The van der Waals surface area contributed by atoms with Crippen LogP contribution in [0, 0.1) is 17.5 Å². The summed E-state index contributed by atoms with van der Waals surface area (Å²) in [6.45, 7) is 2.58. The zero-order chi connectivity index (χ0) is 15.4. The van der Waals surface area contributed by atoms with Crippen LogP contribution < -0.4 is 10.6 Å². The Balaban J connectivity index is 2.16. The number of halogens is 3. The number of carbonyl (C=O) groups excluding carboxylic acids is 1. The van der Waals surface area contributed by atoms with Gasteiger partial charge in [-0.05, 0) is 19.1 Å². The highest BCUT2D eigenvalue weighted by Crippen LogP contribution is 2.19. The van der Waals surface area contributed by atoms with Gasteiger partial charge >= 0.3 is 0 Å². The number of rotatable bonds is 4. The molecule has 0 atom stereocenters. The van der Waals surface area contributed by atoms with E-state index in [0.29, 0.717) is 24.5 Å². The van der Waals surface area contributed by atoms with E-state index in [2.05, 4.69) is 15.6 Å². The SMILES string of the molecule is CCNc1ccc(C(=O)Nc2cc(F)c(F)cc2F)cn1. The van der Waals surface area contributed by atoms with E-state index in [1.807, 2.05) is 6.92 Å². The second-order valence-electron chi connectivity index (χ2n) is 4.16. The maximum Gasteiger partial charge on any atom is 0.257 e. The van der Waals surface area contributed by atoms with Gasteiger partial charge in [-0.15, -0.1) is 0 Å². The summed E-state index contributed by atoms with van der Waals surface area (Å²) in [5.41, 5.74) is -0.268. The molecular formula is C14H12F3N3O. The van der Waals surface area contributed by atoms with Crippen molar-refractivity contribution < 1.29 is 18.0 Å². The first-order valence-corrected chi connectivity index (χ1v) is 6.17. The predicted molar refractivity (Wildman–Crippen MR) is 72.7 cm³/mol. The number of pyridine rings is 1. The molecule has 0 aliphatic carbocycles. The molecule has 0 fully saturated rings. The van der Waals surface area contributed by atoms with E-state index in [4.69, 9.17) is 0 Å². The first kappa shape index (κ1) is 14.8. The topological polar surface area (TPSA) is 54.0 Å². The van der Waals surface area contributed by atoms with E-state index in [1.54, 1.807) is 6.07 Å². The van der Waals surface area contributed by atoms with Gasteiger partial charge < -0.3 is 10.6 Å². The zero-order valence-electron chi connectivity index (χ0n) is 11.1. The fraction of sp³-hybridized carbons (Fsp3) is 0.143. The summed E-state index contributed by atoms with van der Waals surface area (Å²) in [6, 6.07) is 4.03. The van der Waals surface area contributed by atoms with Crippen LogP contribution in [0.25, 0.3) is 0 Å². The highest BCUT2D eigenvalue weighted by molar-refractivity contribution is 6.04. The van der Waals surface area contributed by atoms with Gasteiger partial charge in [0, 0.05) is 24.9 Å². The maximum absolute atomic E-state index is 13.4. The van der Waals surface area contributed by atoms with Crippen LogP contribution >= 0.6 is 0 Å². The van der Waals surface area contributed by atoms with Gasteiger partial charge in [0.25, 0.3) is 5.91 Å². The fourth-order valence-electron chi connectivity index (χ4n) is 1.63. The number of carbonyl (C=O) groups is 1. The minimum atomic E-state index is -1.32. The van der Waals surface area contributed by atoms with Crippen LogP contribution in [0.2, 0.25) is 0 Å². The molecule has 0 bridgehead atoms. The van der Waals surface area contributed by atoms with E-state index >= 15 is 0 Å². The van der Waals surface area contributed by atoms with Crippen molar-refractivity contribution in [3.63, 3.8) is 0 Å². The summed E-state index contributed by atoms with van der Waals surface area (Å²) in [4.78, 5) is 15.9. The minimum Gasteiger partial charge on any atom is -0.370 e. The highest BCUT2D eigenvalue weighted by atomic mass is 19.2. The predicted octanol–water partition coefficient (Wildman–Crippen LogP) is 3.18. The molecule has 0 radical (unpaired) electrons. The molecule has 0 unspecified atom stereocenters. The molecule has 7 heteroatoms. The van der Waals surface area contributed by atoms with E-state index in [1.165, 1.54) is 12.3 Å². The van der Waals surface area contributed by atoms with Crippen molar-refractivity contribution in [2.75, 3.05) is 17.2 Å². The monoisotopic (exact) mass is 295 g/mol. The Morgan fingerprint density at radius 3 is 2.48 bits per heavy atom. The first-order chi connectivity index (χ1) is 10.0. The van der Waals surface area contributed by atoms with Crippen molar-refractivity contribution >= 4 is 17.4 Å². The van der Waals surface area contributed by atoms with Gasteiger partial charge in [0.15, 0.2) is 11.6 Å². The van der Waals surface area contributed by atoms with Crippen LogP contribution in [0.1, 0.15) is 17.3 Å². The molecule has 0 spiro atoms. The smallest absolute Gasteiger partial charge is 0.257 e. The van der Waals surface area contributed by atoms with Gasteiger partial charge in [-0.1, -0.05) is 0 Å². The summed E-state index contributed by atoms with van der Waals surface area (Å²) in [6.07, 6.45) is 1.30. The van der Waals surface area contributed by atoms with Crippen LogP contribution in [0.5, 0.6) is 0 Å². The molecule has 0 saturated heterocycles. The number of amides is 1. The van der Waals surface area contributed by atoms with E-state index < -0.39 is 29.0 Å². The molecule has 2 rings (SSSR count). The van der Waals surface area contributed by atoms with Crippen LogP contribution in [0.4, 0.5) is 24.7 Å². The Morgan fingerprint density at radius 1 is 1.14 bits per heavy atom. The van der Waals surface area contributed by atoms with Crippen molar-refractivity contribution in [2.45, 2.75) is 6.92 Å². The molecule has 0 aliphatic rings. The second-order valence-corrected chi connectivity index (χ2v) is 4.16. The zero-order valence-corrected chi connectivity index (χ0v) is 11.1. The summed E-state index contributed by atoms with van der Waals surface area (Å²) in [7, 11) is 0. The van der Waals surface area contributed by atoms with Crippen molar-refractivity contribution in [3.05, 3.63) is 53.5 Å². The van der Waals surface area contributed by atoms with Crippen LogP contribution in [0.15, 0.2) is 30.5 Å². The summed E-state index contributed by atoms with van der Waals surface area (Å²) in [5, 5.41) is 5.12. The lowest BCUT2D eigenvalue weighted by molar-refractivity contribution is 0.102. The number of anilines is 2. The van der Waals surface area contributed by atoms with Gasteiger partial charge in [-0.2, -0.15) is 0 Å². The molecule has 1 aromatic carbocycles. The Morgan fingerprint density at radius 2 is 1.86 bits per heavy atom. The molecule has 1 aromatic heterocycles. The number of hydrogen-bond donors (Lipinski definition) is 2. The average Bonchev–Trinajstić information content (AvgIpc) is 2.46. The van der Waals surface area contributed by atoms with Gasteiger partial charge in [0.1, 0.15) is 11.6 Å². The highest BCUT2D eigenvalue weighted by Gasteiger charge is 2.13. The van der Waals surface area contributed by atoms with Crippen molar-refractivity contribution in [1.82, 2.24) is 4.98 Å². The van der Waals surface area contributed by atoms with Crippen molar-refractivity contribution in [3.8, 4) is 0 Å². The van der Waals surface area contributed by atoms with Crippen LogP contribution in [-0.2, 0) is 0 Å². The van der Waals surface area contributed by atoms with E-state index in [-0.39, 0.29) is 5.56 Å². The van der Waals surface area contributed by atoms with Crippen molar-refractivity contribution in [2.24, 2.45) is 0 Å². The number of nitrogens with one attached hydrogen (secondary N) is 2. The molecule has 21 heavy (non-hydrogen) atoms. The Labute approximate surface area is 119 Å². The van der Waals surface area contributed by atoms with Gasteiger partial charge in [-0.3, -0.25) is 4.79 Å². The Kier molecular flexibility index (Phi) is 4.42. The van der Waals surface area contributed by atoms with E-state index in [0.717, 1.165) is 0 Å². The van der Waals surface area contributed by atoms with Gasteiger partial charge in [-0.25, -0.2) is 18.2 Å². The fourth-order valence-corrected chi connectivity index (χ4v) is 1.63. The molecule has 2 N–H and O–H groups in total. The number of hydrogen-bond acceptors (Lipinski definition) is 3. The largest absolute Gasteiger partial charge is 0.370 e. The van der Waals surface area contributed by atoms with Crippen LogP contribution in [0.3, 0.4) is 0 Å². The molecule has 0 saturated carbocycles. The molecule has 2 aromatic rings. The summed E-state index contributed by atoms with van der Waals surface area (Å²) < 4.78 is 39.3. The molecule has 4 nitrogen and oxygen atoms in total. The van der Waals surface area contributed by atoms with Crippen LogP contribution in [-0.4, -0.2) is 17.4 Å². The molecular weight excluding hydrogens is 283 g/mol. The number of benzene rings is 1. The first-order valence-electron chi connectivity index (χ1n) is 6.17. The standard InChI is InChI=1S/C14H12F3N3O/c1-2-18-13-4-3-8(7-19-13)14(21)20-12-6-10(16)9(15)5-11(12)17/h3-7H,2H2,1H3,(H,18,19)(H,20,21). The Bertz CT molecular complexity index is 659. The summed E-state index contributed by atoms with van der Waals surface area (Å²) in [5.74, 6) is -3.70. The molecule has 0 aliphatic heterocycles. The molecule has 1 amide bonds.